The zero-order chi connectivity index (χ0) is 17.2. The number of thioether (sulfide) groups is 1. The maximum Gasteiger partial charge on any atom is 0.243 e. The summed E-state index contributed by atoms with van der Waals surface area (Å²) in [6.45, 7) is 4.94. The molecule has 7 nitrogen and oxygen atoms in total. The van der Waals surface area contributed by atoms with Crippen LogP contribution in [0, 0.1) is 0 Å². The summed E-state index contributed by atoms with van der Waals surface area (Å²) in [6.07, 6.45) is 0.748. The molecule has 0 bridgehead atoms. The van der Waals surface area contributed by atoms with Gasteiger partial charge in [-0.05, 0) is 32.4 Å². The lowest BCUT2D eigenvalue weighted by Gasteiger charge is -2.32. The number of nitrogens with zero attached hydrogens (tertiary/aromatic N) is 3. The number of fused-ring (bicyclic) bond motifs is 1. The van der Waals surface area contributed by atoms with Crippen molar-refractivity contribution in [2.45, 2.75) is 37.6 Å². The van der Waals surface area contributed by atoms with Gasteiger partial charge in [0.2, 0.25) is 11.8 Å². The molecule has 2 amide bonds. The van der Waals surface area contributed by atoms with Crippen molar-refractivity contribution >= 4 is 34.6 Å². The number of nitrogens with one attached hydrogen (secondary N) is 2. The van der Waals surface area contributed by atoms with Crippen molar-refractivity contribution in [3.63, 3.8) is 0 Å². The Labute approximate surface area is 144 Å². The minimum Gasteiger partial charge on any atom is -0.354 e. The fourth-order valence-electron chi connectivity index (χ4n) is 2.52. The van der Waals surface area contributed by atoms with Gasteiger partial charge in [0.25, 0.3) is 0 Å². The molecule has 1 atom stereocenters. The predicted molar refractivity (Wildman–Crippen MR) is 93.6 cm³/mol. The van der Waals surface area contributed by atoms with Crippen LogP contribution >= 0.6 is 11.8 Å². The summed E-state index contributed by atoms with van der Waals surface area (Å²) in [7, 11) is 0. The Morgan fingerprint density at radius 3 is 3.04 bits per heavy atom. The first kappa shape index (κ1) is 16.8. The molecule has 0 spiro atoms. The molecule has 0 unspecified atom stereocenters. The molecule has 1 fully saturated rings. The summed E-state index contributed by atoms with van der Waals surface area (Å²) in [6, 6.07) is 7.33. The Bertz CT molecular complexity index is 758. The molecule has 1 saturated heterocycles. The van der Waals surface area contributed by atoms with Gasteiger partial charge in [-0.25, -0.2) is 4.68 Å². The van der Waals surface area contributed by atoms with Gasteiger partial charge in [-0.3, -0.25) is 9.59 Å². The van der Waals surface area contributed by atoms with Crippen LogP contribution in [0.5, 0.6) is 0 Å². The highest BCUT2D eigenvalue weighted by atomic mass is 32.2. The largest absolute Gasteiger partial charge is 0.354 e. The normalized spacial score (nSPS) is 19.9. The molecular formula is C16H21N5O2S. The zero-order valence-electron chi connectivity index (χ0n) is 13.8. The average molecular weight is 347 g/mol. The molecule has 8 heteroatoms. The third-order valence-corrected chi connectivity index (χ3v) is 5.45. The van der Waals surface area contributed by atoms with Gasteiger partial charge in [0, 0.05) is 18.8 Å². The SMILES string of the molecule is CC1(C)SC[C@@H](C(=O)NCCCn2nnc3ccccc32)NC1=O. The van der Waals surface area contributed by atoms with E-state index in [1.54, 1.807) is 0 Å². The van der Waals surface area contributed by atoms with E-state index in [0.29, 0.717) is 18.8 Å². The van der Waals surface area contributed by atoms with Crippen LogP contribution in [0.15, 0.2) is 24.3 Å². The molecule has 0 saturated carbocycles. The number of hydrogen-bond acceptors (Lipinski definition) is 5. The van der Waals surface area contributed by atoms with Crippen LogP contribution in [0.4, 0.5) is 0 Å². The van der Waals surface area contributed by atoms with E-state index in [9.17, 15) is 9.59 Å². The molecule has 128 valence electrons. The summed E-state index contributed by atoms with van der Waals surface area (Å²) >= 11 is 1.51. The van der Waals surface area contributed by atoms with Gasteiger partial charge >= 0.3 is 0 Å². The minimum atomic E-state index is -0.467. The Morgan fingerprint density at radius 2 is 2.25 bits per heavy atom. The topological polar surface area (TPSA) is 88.9 Å². The number of carbonyl (C=O) groups excluding carboxylic acids is 2. The molecule has 1 aromatic carbocycles. The predicted octanol–water partition coefficient (Wildman–Crippen LogP) is 0.948. The third-order valence-electron chi connectivity index (χ3n) is 4.05. The minimum absolute atomic E-state index is 0.0898. The lowest BCUT2D eigenvalue weighted by molar-refractivity contribution is -0.129. The molecule has 1 aliphatic rings. The number of para-hydroxylation sites is 1. The quantitative estimate of drug-likeness (QED) is 0.786. The Kier molecular flexibility index (Phi) is 4.75. The van der Waals surface area contributed by atoms with Gasteiger partial charge < -0.3 is 10.6 Å². The first-order valence-electron chi connectivity index (χ1n) is 7.98. The summed E-state index contributed by atoms with van der Waals surface area (Å²) in [5.74, 6) is 0.376. The van der Waals surface area contributed by atoms with Gasteiger partial charge in [0.1, 0.15) is 11.6 Å². The van der Waals surface area contributed by atoms with Crippen molar-refractivity contribution in [1.82, 2.24) is 25.6 Å². The number of rotatable bonds is 5. The van der Waals surface area contributed by atoms with E-state index in [4.69, 9.17) is 0 Å². The standard InChI is InChI=1S/C16H21N5O2S/c1-16(2)15(23)18-12(10-24-16)14(22)17-8-5-9-21-13-7-4-3-6-11(13)19-20-21/h3-4,6-7,12H,5,8-10H2,1-2H3,(H,17,22)(H,18,23)/t12-/m0/s1. The Balaban J connectivity index is 1.45. The molecule has 1 aromatic heterocycles. The van der Waals surface area contributed by atoms with E-state index in [1.165, 1.54) is 11.8 Å². The van der Waals surface area contributed by atoms with E-state index in [-0.39, 0.29) is 11.8 Å². The van der Waals surface area contributed by atoms with E-state index >= 15 is 0 Å². The van der Waals surface area contributed by atoms with E-state index in [1.807, 2.05) is 42.8 Å². The van der Waals surface area contributed by atoms with Gasteiger partial charge in [-0.15, -0.1) is 16.9 Å². The summed E-state index contributed by atoms with van der Waals surface area (Å²) in [5.41, 5.74) is 1.85. The van der Waals surface area contributed by atoms with Crippen molar-refractivity contribution in [2.24, 2.45) is 0 Å². The van der Waals surface area contributed by atoms with Gasteiger partial charge in [-0.1, -0.05) is 17.3 Å². The number of aromatic nitrogens is 3. The van der Waals surface area contributed by atoms with Crippen molar-refractivity contribution < 1.29 is 9.59 Å². The summed E-state index contributed by atoms with van der Waals surface area (Å²) < 4.78 is 1.37. The highest BCUT2D eigenvalue weighted by molar-refractivity contribution is 8.01. The summed E-state index contributed by atoms with van der Waals surface area (Å²) in [4.78, 5) is 24.1. The highest BCUT2D eigenvalue weighted by Gasteiger charge is 2.37. The second kappa shape index (κ2) is 6.80. The van der Waals surface area contributed by atoms with Crippen LogP contribution < -0.4 is 10.6 Å². The van der Waals surface area contributed by atoms with Gasteiger partial charge in [-0.2, -0.15) is 0 Å². The fraction of sp³-hybridized carbons (Fsp3) is 0.500. The van der Waals surface area contributed by atoms with E-state index in [0.717, 1.165) is 17.5 Å². The smallest absolute Gasteiger partial charge is 0.243 e. The van der Waals surface area contributed by atoms with Crippen LogP contribution in [-0.2, 0) is 16.1 Å². The second-order valence-corrected chi connectivity index (χ2v) is 7.94. The van der Waals surface area contributed by atoms with E-state index < -0.39 is 10.8 Å². The van der Waals surface area contributed by atoms with E-state index in [2.05, 4.69) is 20.9 Å². The number of aryl methyl sites for hydroxylation is 1. The van der Waals surface area contributed by atoms with Gasteiger partial charge in [0.15, 0.2) is 0 Å². The van der Waals surface area contributed by atoms with Crippen molar-refractivity contribution in [1.29, 1.82) is 0 Å². The maximum absolute atomic E-state index is 12.2. The van der Waals surface area contributed by atoms with Crippen LogP contribution in [0.25, 0.3) is 11.0 Å². The Morgan fingerprint density at radius 1 is 1.46 bits per heavy atom. The average Bonchev–Trinajstić information content (AvgIpc) is 2.97. The van der Waals surface area contributed by atoms with Gasteiger partial charge in [0.05, 0.1) is 10.3 Å². The molecule has 2 N–H and O–H groups in total. The van der Waals surface area contributed by atoms with Crippen molar-refractivity contribution in [2.75, 3.05) is 12.3 Å². The highest BCUT2D eigenvalue weighted by Crippen LogP contribution is 2.28. The van der Waals surface area contributed by atoms with Crippen LogP contribution in [0.3, 0.4) is 0 Å². The molecule has 2 heterocycles. The van der Waals surface area contributed by atoms with Crippen molar-refractivity contribution in [3.8, 4) is 0 Å². The molecule has 3 rings (SSSR count). The third kappa shape index (κ3) is 3.53. The summed E-state index contributed by atoms with van der Waals surface area (Å²) in [5, 5.41) is 13.9. The van der Waals surface area contributed by atoms with Crippen LogP contribution in [-0.4, -0.2) is 49.9 Å². The molecule has 2 aromatic rings. The molecular weight excluding hydrogens is 326 g/mol. The van der Waals surface area contributed by atoms with Crippen LogP contribution in [0.2, 0.25) is 0 Å². The maximum atomic E-state index is 12.2. The Hall–Kier alpha value is -2.09. The molecule has 0 aliphatic carbocycles. The lowest BCUT2D eigenvalue weighted by Crippen LogP contribution is -2.57. The zero-order valence-corrected chi connectivity index (χ0v) is 14.6. The first-order valence-corrected chi connectivity index (χ1v) is 8.97. The number of benzene rings is 1. The second-order valence-electron chi connectivity index (χ2n) is 6.29. The monoisotopic (exact) mass is 347 g/mol. The number of amides is 2. The fourth-order valence-corrected chi connectivity index (χ4v) is 3.53. The van der Waals surface area contributed by atoms with Crippen molar-refractivity contribution in [3.05, 3.63) is 24.3 Å². The molecule has 24 heavy (non-hydrogen) atoms. The first-order chi connectivity index (χ1) is 11.5. The lowest BCUT2D eigenvalue weighted by atomic mass is 10.1. The molecule has 1 aliphatic heterocycles. The number of hydrogen-bond donors (Lipinski definition) is 2. The molecule has 0 radical (unpaired) electrons. The van der Waals surface area contributed by atoms with Crippen LogP contribution in [0.1, 0.15) is 20.3 Å². The number of carbonyl (C=O) groups is 2.